The van der Waals surface area contributed by atoms with Crippen LogP contribution in [0.4, 0.5) is 17.5 Å². The van der Waals surface area contributed by atoms with Crippen molar-refractivity contribution in [1.82, 2.24) is 35.5 Å². The second kappa shape index (κ2) is 8.33. The average molecular weight is 459 g/mol. The maximum Gasteiger partial charge on any atom is 0.229 e. The molecule has 10 nitrogen and oxygen atoms in total. The summed E-state index contributed by atoms with van der Waals surface area (Å²) in [5.74, 6) is 1.73. The molecule has 10 heteroatoms. The highest BCUT2D eigenvalue weighted by Crippen LogP contribution is 2.37. The smallest absolute Gasteiger partial charge is 0.229 e. The van der Waals surface area contributed by atoms with Gasteiger partial charge in [-0.15, -0.1) is 5.10 Å². The van der Waals surface area contributed by atoms with Gasteiger partial charge in [-0.25, -0.2) is 9.67 Å². The Bertz CT molecular complexity index is 1220. The van der Waals surface area contributed by atoms with E-state index < -0.39 is 0 Å². The Morgan fingerprint density at radius 1 is 1.15 bits per heavy atom. The van der Waals surface area contributed by atoms with E-state index in [2.05, 4.69) is 75.2 Å². The molecule has 0 bridgehead atoms. The van der Waals surface area contributed by atoms with E-state index in [1.54, 1.807) is 6.20 Å². The molecule has 5 rings (SSSR count). The minimum Gasteiger partial charge on any atom is -0.366 e. The first-order valence-corrected chi connectivity index (χ1v) is 11.7. The zero-order valence-electron chi connectivity index (χ0n) is 20.0. The molecule has 1 saturated carbocycles. The van der Waals surface area contributed by atoms with Crippen molar-refractivity contribution in [2.75, 3.05) is 10.6 Å². The molecule has 0 spiro atoms. The van der Waals surface area contributed by atoms with E-state index in [9.17, 15) is 5.26 Å². The third-order valence-corrected chi connectivity index (χ3v) is 6.20. The van der Waals surface area contributed by atoms with Crippen molar-refractivity contribution in [2.24, 2.45) is 0 Å². The number of anilines is 3. The molecule has 1 aliphatic heterocycles. The summed E-state index contributed by atoms with van der Waals surface area (Å²) in [4.78, 5) is 9.02. The fourth-order valence-electron chi connectivity index (χ4n) is 5.07. The predicted octanol–water partition coefficient (Wildman–Crippen LogP) is 3.80. The molecule has 0 radical (unpaired) electrons. The number of nitriles is 1. The molecule has 1 aliphatic carbocycles. The van der Waals surface area contributed by atoms with E-state index in [1.165, 1.54) is 0 Å². The minimum atomic E-state index is -0.0172. The summed E-state index contributed by atoms with van der Waals surface area (Å²) in [6.07, 6.45) is 5.62. The van der Waals surface area contributed by atoms with Gasteiger partial charge >= 0.3 is 0 Å². The average Bonchev–Trinajstić information content (AvgIpc) is 3.48. The Morgan fingerprint density at radius 3 is 2.62 bits per heavy atom. The molecule has 0 atom stereocenters. The van der Waals surface area contributed by atoms with Gasteiger partial charge in [0.1, 0.15) is 17.5 Å². The van der Waals surface area contributed by atoms with Crippen LogP contribution < -0.4 is 16.0 Å². The SMILES string of the molecule is CC1(C)CC(Nc2nc(Nc3cccc(-c4nnnn4C4CC4)c3)ncc2C#N)CC(C)(C)N1. The second-order valence-corrected chi connectivity index (χ2v) is 10.6. The van der Waals surface area contributed by atoms with Crippen LogP contribution in [0.15, 0.2) is 30.5 Å². The first kappa shape index (κ1) is 22.2. The summed E-state index contributed by atoms with van der Waals surface area (Å²) in [5.41, 5.74) is 2.14. The zero-order chi connectivity index (χ0) is 23.9. The van der Waals surface area contributed by atoms with Crippen LogP contribution in [0.25, 0.3) is 11.4 Å². The zero-order valence-corrected chi connectivity index (χ0v) is 20.0. The summed E-state index contributed by atoms with van der Waals surface area (Å²) < 4.78 is 1.89. The largest absolute Gasteiger partial charge is 0.366 e. The molecule has 1 saturated heterocycles. The van der Waals surface area contributed by atoms with Gasteiger partial charge in [0.2, 0.25) is 5.95 Å². The lowest BCUT2D eigenvalue weighted by atomic mass is 9.79. The summed E-state index contributed by atoms with van der Waals surface area (Å²) >= 11 is 0. The van der Waals surface area contributed by atoms with Gasteiger partial charge in [-0.3, -0.25) is 0 Å². The highest BCUT2D eigenvalue weighted by molar-refractivity contribution is 5.66. The topological polar surface area (TPSA) is 129 Å². The minimum absolute atomic E-state index is 0.0172. The van der Waals surface area contributed by atoms with Gasteiger partial charge in [0.25, 0.3) is 0 Å². The first-order chi connectivity index (χ1) is 16.2. The van der Waals surface area contributed by atoms with Gasteiger partial charge in [0, 0.05) is 28.4 Å². The standard InChI is InChI=1S/C24H30N10/c1-23(2)11-18(12-24(3,4)31-23)27-20-16(13-25)14-26-22(29-20)28-17-7-5-6-15(10-17)21-30-32-33-34(21)19-8-9-19/h5-7,10,14,18-19,31H,8-9,11-12H2,1-4H3,(H2,26,27,28,29). The number of rotatable bonds is 6. The maximum absolute atomic E-state index is 9.63. The predicted molar refractivity (Wildman–Crippen MR) is 129 cm³/mol. The van der Waals surface area contributed by atoms with Crippen molar-refractivity contribution in [3.63, 3.8) is 0 Å². The summed E-state index contributed by atoms with van der Waals surface area (Å²) in [6.45, 7) is 8.81. The number of nitrogens with one attached hydrogen (secondary N) is 3. The maximum atomic E-state index is 9.63. The fraction of sp³-hybridized carbons (Fsp3) is 0.500. The molecular weight excluding hydrogens is 428 g/mol. The normalized spacial score (nSPS) is 19.4. The quantitative estimate of drug-likeness (QED) is 0.505. The number of hydrogen-bond acceptors (Lipinski definition) is 9. The van der Waals surface area contributed by atoms with Gasteiger partial charge < -0.3 is 16.0 Å². The summed E-state index contributed by atoms with van der Waals surface area (Å²) in [7, 11) is 0. The number of benzene rings is 1. The van der Waals surface area contributed by atoms with Crippen LogP contribution in [0.3, 0.4) is 0 Å². The highest BCUT2D eigenvalue weighted by Gasteiger charge is 2.38. The van der Waals surface area contributed by atoms with Gasteiger partial charge in [-0.05, 0) is 75.9 Å². The van der Waals surface area contributed by atoms with Crippen molar-refractivity contribution in [3.05, 3.63) is 36.0 Å². The molecule has 2 fully saturated rings. The number of hydrogen-bond donors (Lipinski definition) is 3. The molecule has 1 aromatic carbocycles. The molecule has 34 heavy (non-hydrogen) atoms. The van der Waals surface area contributed by atoms with Crippen LogP contribution in [0.5, 0.6) is 0 Å². The third-order valence-electron chi connectivity index (χ3n) is 6.20. The summed E-state index contributed by atoms with van der Waals surface area (Å²) in [6, 6.07) is 10.7. The van der Waals surface area contributed by atoms with Crippen LogP contribution in [0, 0.1) is 11.3 Å². The second-order valence-electron chi connectivity index (χ2n) is 10.6. The molecule has 2 aromatic heterocycles. The van der Waals surface area contributed by atoms with Crippen LogP contribution in [0.1, 0.15) is 65.0 Å². The van der Waals surface area contributed by atoms with Crippen molar-refractivity contribution in [2.45, 2.75) is 76.5 Å². The lowest BCUT2D eigenvalue weighted by molar-refractivity contribution is 0.170. The number of tetrazole rings is 1. The fourth-order valence-corrected chi connectivity index (χ4v) is 5.07. The van der Waals surface area contributed by atoms with Crippen LogP contribution in [-0.2, 0) is 0 Å². The van der Waals surface area contributed by atoms with Crippen molar-refractivity contribution >= 4 is 17.5 Å². The Balaban J connectivity index is 1.37. The summed E-state index contributed by atoms with van der Waals surface area (Å²) in [5, 5.41) is 32.3. The molecule has 0 unspecified atom stereocenters. The van der Waals surface area contributed by atoms with Crippen LogP contribution in [0.2, 0.25) is 0 Å². The van der Waals surface area contributed by atoms with Gasteiger partial charge in [0.15, 0.2) is 5.82 Å². The van der Waals surface area contributed by atoms with E-state index >= 15 is 0 Å². The third kappa shape index (κ3) is 4.84. The number of aromatic nitrogens is 6. The monoisotopic (exact) mass is 458 g/mol. The lowest BCUT2D eigenvalue weighted by Gasteiger charge is -2.46. The number of nitrogens with zero attached hydrogens (tertiary/aromatic N) is 7. The van der Waals surface area contributed by atoms with Gasteiger partial charge in [-0.1, -0.05) is 12.1 Å². The van der Waals surface area contributed by atoms with E-state index in [1.807, 2.05) is 28.9 Å². The Kier molecular flexibility index (Phi) is 5.44. The molecule has 176 valence electrons. The van der Waals surface area contributed by atoms with Crippen molar-refractivity contribution in [3.8, 4) is 17.5 Å². The van der Waals surface area contributed by atoms with E-state index in [0.29, 0.717) is 23.4 Å². The molecule has 3 N–H and O–H groups in total. The molecule has 0 amide bonds. The van der Waals surface area contributed by atoms with E-state index in [4.69, 9.17) is 0 Å². The van der Waals surface area contributed by atoms with Crippen molar-refractivity contribution in [1.29, 1.82) is 5.26 Å². The van der Waals surface area contributed by atoms with Gasteiger partial charge in [-0.2, -0.15) is 10.2 Å². The highest BCUT2D eigenvalue weighted by atomic mass is 15.6. The van der Waals surface area contributed by atoms with Crippen LogP contribution in [-0.4, -0.2) is 47.3 Å². The Labute approximate surface area is 199 Å². The first-order valence-electron chi connectivity index (χ1n) is 11.7. The molecule has 3 heterocycles. The van der Waals surface area contributed by atoms with Crippen LogP contribution >= 0.6 is 0 Å². The number of piperidine rings is 1. The van der Waals surface area contributed by atoms with Crippen molar-refractivity contribution < 1.29 is 0 Å². The molecule has 3 aromatic rings. The van der Waals surface area contributed by atoms with E-state index in [0.717, 1.165) is 42.8 Å². The Hall–Kier alpha value is -3.58. The Morgan fingerprint density at radius 2 is 1.91 bits per heavy atom. The molecular formula is C24H30N10. The molecule has 2 aliphatic rings. The lowest BCUT2D eigenvalue weighted by Crippen LogP contribution is -2.60. The van der Waals surface area contributed by atoms with Gasteiger partial charge in [0.05, 0.1) is 12.2 Å². The van der Waals surface area contributed by atoms with E-state index in [-0.39, 0.29) is 17.1 Å².